The number of aliphatic hydroxyl groups excluding tert-OH is 1. The van der Waals surface area contributed by atoms with Gasteiger partial charge in [-0.15, -0.1) is 0 Å². The number of rotatable bonds is 7. The van der Waals surface area contributed by atoms with Gasteiger partial charge in [-0.25, -0.2) is 0 Å². The number of nitrogens with zero attached hydrogens (tertiary/aromatic N) is 1. The second-order valence-electron chi connectivity index (χ2n) is 9.73. The van der Waals surface area contributed by atoms with Crippen molar-refractivity contribution < 1.29 is 5.11 Å². The molecule has 0 aromatic rings. The molecular weight excluding hydrogens is 270 g/mol. The first-order chi connectivity index (χ1) is 10.1. The maximum absolute atomic E-state index is 10.9. The lowest BCUT2D eigenvalue weighted by Crippen LogP contribution is -2.39. The molecule has 0 spiro atoms. The summed E-state index contributed by atoms with van der Waals surface area (Å²) in [6, 6.07) is 0. The predicted molar refractivity (Wildman–Crippen MR) is 94.8 cm³/mol. The Morgan fingerprint density at radius 3 is 2.00 bits per heavy atom. The molecule has 2 aliphatic rings. The summed E-state index contributed by atoms with van der Waals surface area (Å²) in [5.74, 6) is 2.67. The van der Waals surface area contributed by atoms with E-state index in [1.54, 1.807) is 0 Å². The van der Waals surface area contributed by atoms with Crippen LogP contribution in [0.3, 0.4) is 0 Å². The van der Waals surface area contributed by atoms with Crippen molar-refractivity contribution in [3.05, 3.63) is 0 Å². The largest absolute Gasteiger partial charge is 0.392 e. The fraction of sp³-hybridized carbons (Fsp3) is 1.00. The van der Waals surface area contributed by atoms with Crippen LogP contribution in [-0.2, 0) is 0 Å². The van der Waals surface area contributed by atoms with Gasteiger partial charge in [-0.2, -0.15) is 0 Å². The Kier molecular flexibility index (Phi) is 5.34. The number of hydrogen-bond acceptors (Lipinski definition) is 2. The van der Waals surface area contributed by atoms with Crippen molar-refractivity contribution >= 4 is 0 Å². The van der Waals surface area contributed by atoms with Gasteiger partial charge >= 0.3 is 0 Å². The highest BCUT2D eigenvalue weighted by Crippen LogP contribution is 2.68. The highest BCUT2D eigenvalue weighted by atomic mass is 16.3. The van der Waals surface area contributed by atoms with E-state index in [-0.39, 0.29) is 11.5 Å². The molecule has 0 aromatic heterocycles. The molecule has 2 fully saturated rings. The predicted octanol–water partition coefficient (Wildman–Crippen LogP) is 4.42. The van der Waals surface area contributed by atoms with E-state index in [4.69, 9.17) is 0 Å². The van der Waals surface area contributed by atoms with Crippen LogP contribution < -0.4 is 0 Å². The Morgan fingerprint density at radius 2 is 1.59 bits per heavy atom. The van der Waals surface area contributed by atoms with Gasteiger partial charge in [0.2, 0.25) is 0 Å². The average Bonchev–Trinajstić information content (AvgIpc) is 2.67. The number of hydrogen-bond donors (Lipinski definition) is 1. The van der Waals surface area contributed by atoms with Gasteiger partial charge in [-0.1, -0.05) is 48.5 Å². The van der Waals surface area contributed by atoms with Gasteiger partial charge in [0.25, 0.3) is 0 Å². The topological polar surface area (TPSA) is 23.5 Å². The molecule has 0 aliphatic heterocycles. The van der Waals surface area contributed by atoms with Crippen molar-refractivity contribution in [1.82, 2.24) is 4.90 Å². The van der Waals surface area contributed by atoms with E-state index in [0.29, 0.717) is 17.3 Å². The standard InChI is InChI=1S/C20H39NO/c1-14(2)12-21(13-15(3)4)11-9-16-17-8-10-20(7,18(16)22)19(17,5)6/h14-18,22H,8-13H2,1-7H3/t16-,17-,18-,20+/m1/s1. The molecule has 22 heavy (non-hydrogen) atoms. The van der Waals surface area contributed by atoms with Crippen LogP contribution in [0.4, 0.5) is 0 Å². The Balaban J connectivity index is 1.99. The Bertz CT molecular complexity index is 366. The summed E-state index contributed by atoms with van der Waals surface area (Å²) in [7, 11) is 0. The van der Waals surface area contributed by atoms with Gasteiger partial charge in [-0.3, -0.25) is 0 Å². The van der Waals surface area contributed by atoms with Crippen LogP contribution in [-0.4, -0.2) is 35.7 Å². The van der Waals surface area contributed by atoms with Gasteiger partial charge in [0.05, 0.1) is 6.10 Å². The van der Waals surface area contributed by atoms with E-state index >= 15 is 0 Å². The van der Waals surface area contributed by atoms with E-state index in [1.165, 1.54) is 32.4 Å². The van der Waals surface area contributed by atoms with Gasteiger partial charge in [-0.05, 0) is 60.3 Å². The quantitative estimate of drug-likeness (QED) is 0.752. The molecule has 2 bridgehead atoms. The van der Waals surface area contributed by atoms with Gasteiger partial charge in [0, 0.05) is 13.1 Å². The summed E-state index contributed by atoms with van der Waals surface area (Å²) in [5.41, 5.74) is 0.446. The smallest absolute Gasteiger partial charge is 0.0630 e. The molecule has 0 unspecified atom stereocenters. The van der Waals surface area contributed by atoms with Gasteiger partial charge < -0.3 is 10.0 Å². The van der Waals surface area contributed by atoms with Crippen molar-refractivity contribution in [3.8, 4) is 0 Å². The van der Waals surface area contributed by atoms with E-state index in [9.17, 15) is 5.11 Å². The van der Waals surface area contributed by atoms with Crippen LogP contribution >= 0.6 is 0 Å². The molecule has 0 radical (unpaired) electrons. The van der Waals surface area contributed by atoms with E-state index in [2.05, 4.69) is 53.4 Å². The molecule has 0 heterocycles. The lowest BCUT2D eigenvalue weighted by atomic mass is 9.70. The van der Waals surface area contributed by atoms with Crippen LogP contribution in [0.1, 0.15) is 67.7 Å². The monoisotopic (exact) mass is 309 g/mol. The van der Waals surface area contributed by atoms with Crippen molar-refractivity contribution in [2.75, 3.05) is 19.6 Å². The van der Waals surface area contributed by atoms with Crippen LogP contribution in [0.5, 0.6) is 0 Å². The normalized spacial score (nSPS) is 37.0. The summed E-state index contributed by atoms with van der Waals surface area (Å²) in [6.07, 6.45) is 3.61. The third-order valence-electron chi connectivity index (χ3n) is 6.97. The maximum Gasteiger partial charge on any atom is 0.0630 e. The zero-order valence-electron chi connectivity index (χ0n) is 16.0. The minimum atomic E-state index is -0.0961. The van der Waals surface area contributed by atoms with Gasteiger partial charge in [0.15, 0.2) is 0 Å². The van der Waals surface area contributed by atoms with Crippen LogP contribution in [0, 0.1) is 34.5 Å². The second-order valence-corrected chi connectivity index (χ2v) is 9.73. The lowest BCUT2D eigenvalue weighted by Gasteiger charge is -2.37. The second kappa shape index (κ2) is 6.43. The molecule has 2 heteroatoms. The molecule has 0 aromatic carbocycles. The molecule has 2 rings (SSSR count). The maximum atomic E-state index is 10.9. The molecule has 2 nitrogen and oxygen atoms in total. The summed E-state index contributed by atoms with van der Waals surface area (Å²) >= 11 is 0. The molecule has 4 atom stereocenters. The Labute approximate surface area is 138 Å². The zero-order chi connectivity index (χ0) is 16.7. The Hall–Kier alpha value is -0.0800. The third-order valence-corrected chi connectivity index (χ3v) is 6.97. The first-order valence-electron chi connectivity index (χ1n) is 9.50. The minimum Gasteiger partial charge on any atom is -0.392 e. The van der Waals surface area contributed by atoms with E-state index in [0.717, 1.165) is 18.4 Å². The molecular formula is C20H39NO. The third kappa shape index (κ3) is 3.11. The highest BCUT2D eigenvalue weighted by molar-refractivity contribution is 5.14. The summed E-state index contributed by atoms with van der Waals surface area (Å²) in [5, 5.41) is 10.9. The molecule has 0 saturated heterocycles. The molecule has 0 amide bonds. The highest BCUT2D eigenvalue weighted by Gasteiger charge is 2.65. The van der Waals surface area contributed by atoms with Crippen LogP contribution in [0.15, 0.2) is 0 Å². The minimum absolute atomic E-state index is 0.0961. The summed E-state index contributed by atoms with van der Waals surface area (Å²) in [4.78, 5) is 2.63. The number of aliphatic hydroxyl groups is 1. The van der Waals surface area contributed by atoms with Crippen molar-refractivity contribution in [3.63, 3.8) is 0 Å². The summed E-state index contributed by atoms with van der Waals surface area (Å²) < 4.78 is 0. The van der Waals surface area contributed by atoms with Crippen LogP contribution in [0.25, 0.3) is 0 Å². The van der Waals surface area contributed by atoms with Crippen molar-refractivity contribution in [2.24, 2.45) is 34.5 Å². The first kappa shape index (κ1) is 18.3. The molecule has 2 aliphatic carbocycles. The fourth-order valence-corrected chi connectivity index (χ4v) is 5.51. The summed E-state index contributed by atoms with van der Waals surface area (Å²) in [6.45, 7) is 19.9. The first-order valence-corrected chi connectivity index (χ1v) is 9.50. The SMILES string of the molecule is CC(C)CN(CC[C@@H]1[C@H]2CC[C@@](C)([C@@H]1O)C2(C)C)CC(C)C. The average molecular weight is 310 g/mol. The lowest BCUT2D eigenvalue weighted by molar-refractivity contribution is -0.0144. The Morgan fingerprint density at radius 1 is 1.05 bits per heavy atom. The van der Waals surface area contributed by atoms with E-state index < -0.39 is 0 Å². The zero-order valence-corrected chi connectivity index (χ0v) is 16.0. The molecule has 2 saturated carbocycles. The molecule has 130 valence electrons. The van der Waals surface area contributed by atoms with Crippen LogP contribution in [0.2, 0.25) is 0 Å². The van der Waals surface area contributed by atoms with Crippen molar-refractivity contribution in [1.29, 1.82) is 0 Å². The van der Waals surface area contributed by atoms with Gasteiger partial charge in [0.1, 0.15) is 0 Å². The van der Waals surface area contributed by atoms with Crippen molar-refractivity contribution in [2.45, 2.75) is 73.8 Å². The molecule has 1 N–H and O–H groups in total. The number of fused-ring (bicyclic) bond motifs is 2. The fourth-order valence-electron chi connectivity index (χ4n) is 5.51. The van der Waals surface area contributed by atoms with E-state index in [1.807, 2.05) is 0 Å².